The molecule has 5 rings (SSSR count). The number of amides is 1. The number of nitrogens with zero attached hydrogens (tertiary/aromatic N) is 4. The van der Waals surface area contributed by atoms with Gasteiger partial charge in [-0.25, -0.2) is 4.79 Å². The zero-order chi connectivity index (χ0) is 29.0. The highest BCUT2D eigenvalue weighted by atomic mass is 19.4. The van der Waals surface area contributed by atoms with Crippen molar-refractivity contribution in [2.45, 2.75) is 63.3 Å². The number of aryl methyl sites for hydroxylation is 1. The molecule has 2 atom stereocenters. The number of piperidine rings is 1. The first kappa shape index (κ1) is 28.8. The van der Waals surface area contributed by atoms with Crippen molar-refractivity contribution >= 4 is 17.7 Å². The molecular formula is C26H32F6N4O4. The Labute approximate surface area is 227 Å². The molecule has 0 radical (unpaired) electrons. The van der Waals surface area contributed by atoms with E-state index in [1.54, 1.807) is 0 Å². The zero-order valence-corrected chi connectivity index (χ0v) is 22.0. The molecule has 0 saturated carbocycles. The Bertz CT molecular complexity index is 1120. The molecule has 1 aromatic carbocycles. The molecule has 1 aromatic rings. The molecule has 0 aliphatic carbocycles. The smallest absolute Gasteiger partial charge is 0.434 e. The normalized spacial score (nSPS) is 25.1. The van der Waals surface area contributed by atoms with Crippen LogP contribution in [0, 0.1) is 12.3 Å². The minimum atomic E-state index is -5.73. The first-order valence-electron chi connectivity index (χ1n) is 13.3. The third kappa shape index (κ3) is 5.97. The quantitative estimate of drug-likeness (QED) is 0.514. The molecule has 14 heteroatoms. The van der Waals surface area contributed by atoms with E-state index in [0.717, 1.165) is 54.3 Å². The number of halogens is 6. The van der Waals surface area contributed by atoms with Crippen LogP contribution in [-0.4, -0.2) is 108 Å². The fraction of sp³-hybridized carbons (Fsp3) is 0.692. The number of piperazine rings is 1. The molecule has 4 aliphatic rings. The summed E-state index contributed by atoms with van der Waals surface area (Å²) in [6, 6.07) is 6.94. The van der Waals surface area contributed by atoms with Gasteiger partial charge in [0.25, 0.3) is 6.10 Å². The first-order valence-corrected chi connectivity index (χ1v) is 13.3. The number of anilines is 1. The van der Waals surface area contributed by atoms with Crippen molar-refractivity contribution in [3.63, 3.8) is 0 Å². The maximum Gasteiger partial charge on any atom is 0.434 e. The van der Waals surface area contributed by atoms with Crippen LogP contribution in [0.2, 0.25) is 0 Å². The molecule has 4 saturated heterocycles. The maximum absolute atomic E-state index is 12.7. The van der Waals surface area contributed by atoms with E-state index < -0.39 is 30.5 Å². The summed E-state index contributed by atoms with van der Waals surface area (Å²) >= 11 is 0. The molecule has 1 spiro atoms. The first-order chi connectivity index (χ1) is 18.6. The van der Waals surface area contributed by atoms with Crippen LogP contribution in [0.4, 0.5) is 36.8 Å². The summed E-state index contributed by atoms with van der Waals surface area (Å²) in [5.74, 6) is -0.814. The highest BCUT2D eigenvalue weighted by Crippen LogP contribution is 2.42. The van der Waals surface area contributed by atoms with E-state index in [9.17, 15) is 35.9 Å². The van der Waals surface area contributed by atoms with Gasteiger partial charge in [-0.2, -0.15) is 26.3 Å². The maximum atomic E-state index is 12.7. The lowest BCUT2D eigenvalue weighted by Gasteiger charge is -2.54. The van der Waals surface area contributed by atoms with E-state index in [1.807, 2.05) is 11.8 Å². The molecule has 1 amide bonds. The Kier molecular flexibility index (Phi) is 7.39. The van der Waals surface area contributed by atoms with Crippen molar-refractivity contribution in [1.29, 1.82) is 0 Å². The van der Waals surface area contributed by atoms with Crippen molar-refractivity contribution < 1.29 is 45.8 Å². The number of carboxylic acids is 1. The number of ether oxygens (including phenoxy) is 1. The predicted molar refractivity (Wildman–Crippen MR) is 131 cm³/mol. The van der Waals surface area contributed by atoms with Crippen LogP contribution in [-0.2, 0) is 16.1 Å². The number of carbonyl (C=O) groups excluding carboxylic acids is 1. The van der Waals surface area contributed by atoms with Gasteiger partial charge in [0.2, 0.25) is 0 Å². The SMILES string of the molecule is Cc1cc(CN2CC3(CCN(C(=O)OC(C(F)(F)F)C(F)(F)F)CC3)C2)cc(N2CC3CC2CN3CC(=O)O)c1. The van der Waals surface area contributed by atoms with Crippen molar-refractivity contribution in [2.24, 2.45) is 5.41 Å². The third-order valence-electron chi connectivity index (χ3n) is 8.57. The van der Waals surface area contributed by atoms with Crippen molar-refractivity contribution in [1.82, 2.24) is 14.7 Å². The molecule has 2 unspecified atom stereocenters. The lowest BCUT2D eigenvalue weighted by molar-refractivity contribution is -0.308. The number of hydrogen-bond donors (Lipinski definition) is 1. The molecule has 4 aliphatic heterocycles. The minimum absolute atomic E-state index is 0.0418. The Morgan fingerprint density at radius 1 is 1.02 bits per heavy atom. The number of carbonyl (C=O) groups is 2. The molecule has 4 fully saturated rings. The van der Waals surface area contributed by atoms with E-state index >= 15 is 0 Å². The summed E-state index contributed by atoms with van der Waals surface area (Å²) in [6.45, 7) is 5.86. The molecule has 0 aromatic heterocycles. The Balaban J connectivity index is 1.12. The molecule has 40 heavy (non-hydrogen) atoms. The Morgan fingerprint density at radius 3 is 2.23 bits per heavy atom. The molecule has 4 heterocycles. The van der Waals surface area contributed by atoms with E-state index in [0.29, 0.717) is 19.4 Å². The highest BCUT2D eigenvalue weighted by Gasteiger charge is 2.60. The number of hydrogen-bond acceptors (Lipinski definition) is 6. The van der Waals surface area contributed by atoms with Crippen LogP contribution in [0.15, 0.2) is 18.2 Å². The second-order valence-electron chi connectivity index (χ2n) is 11.7. The number of likely N-dealkylation sites (tertiary alicyclic amines) is 3. The van der Waals surface area contributed by atoms with Gasteiger partial charge in [-0.1, -0.05) is 6.07 Å². The van der Waals surface area contributed by atoms with Crippen LogP contribution < -0.4 is 4.90 Å². The number of fused-ring (bicyclic) bond motifs is 2. The van der Waals surface area contributed by atoms with Gasteiger partial charge in [-0.15, -0.1) is 0 Å². The van der Waals surface area contributed by atoms with Crippen LogP contribution >= 0.6 is 0 Å². The largest absolute Gasteiger partial charge is 0.480 e. The average Bonchev–Trinajstić information content (AvgIpc) is 3.40. The van der Waals surface area contributed by atoms with Gasteiger partial charge in [-0.05, 0) is 54.9 Å². The number of carboxylic acid groups (broad SMARTS) is 1. The number of rotatable bonds is 6. The van der Waals surface area contributed by atoms with E-state index in [1.165, 1.54) is 0 Å². The van der Waals surface area contributed by atoms with E-state index in [4.69, 9.17) is 5.11 Å². The van der Waals surface area contributed by atoms with Gasteiger partial charge in [0.15, 0.2) is 0 Å². The average molecular weight is 579 g/mol. The lowest BCUT2D eigenvalue weighted by atomic mass is 9.72. The van der Waals surface area contributed by atoms with Crippen LogP contribution in [0.1, 0.15) is 30.4 Å². The van der Waals surface area contributed by atoms with Crippen LogP contribution in [0.5, 0.6) is 0 Å². The molecule has 8 nitrogen and oxygen atoms in total. The number of benzene rings is 1. The van der Waals surface area contributed by atoms with Gasteiger partial charge in [0, 0.05) is 63.6 Å². The summed E-state index contributed by atoms with van der Waals surface area (Å²) in [5.41, 5.74) is 3.26. The van der Waals surface area contributed by atoms with Crippen LogP contribution in [0.25, 0.3) is 0 Å². The number of aliphatic carboxylic acids is 1. The van der Waals surface area contributed by atoms with Gasteiger partial charge in [-0.3, -0.25) is 14.6 Å². The lowest BCUT2D eigenvalue weighted by Crippen LogP contribution is -2.60. The van der Waals surface area contributed by atoms with Crippen molar-refractivity contribution in [3.05, 3.63) is 29.3 Å². The molecule has 2 bridgehead atoms. The molecular weight excluding hydrogens is 546 g/mol. The number of alkyl halides is 6. The topological polar surface area (TPSA) is 76.6 Å². The Morgan fingerprint density at radius 2 is 1.68 bits per heavy atom. The standard InChI is InChI=1S/C26H32F6N4O4/c1-16-6-17(8-18(7-16)36-12-19-9-20(36)11-35(19)13-21(37)38)10-33-14-24(15-33)2-4-34(5-3-24)23(39)40-22(25(27,28)29)26(30,31)32/h6-8,19-20,22H,2-5,9-15H2,1H3,(H,37,38). The highest BCUT2D eigenvalue weighted by molar-refractivity contribution is 5.69. The fourth-order valence-electron chi connectivity index (χ4n) is 6.78. The summed E-state index contributed by atoms with van der Waals surface area (Å²) in [6.07, 6.45) is -15.3. The zero-order valence-electron chi connectivity index (χ0n) is 22.0. The summed E-state index contributed by atoms with van der Waals surface area (Å²) in [4.78, 5) is 30.7. The van der Waals surface area contributed by atoms with E-state index in [2.05, 4.69) is 32.7 Å². The molecule has 222 valence electrons. The predicted octanol–water partition coefficient (Wildman–Crippen LogP) is 3.87. The van der Waals surface area contributed by atoms with Gasteiger partial charge >= 0.3 is 24.4 Å². The molecule has 1 N–H and O–H groups in total. The van der Waals surface area contributed by atoms with E-state index in [-0.39, 0.29) is 37.1 Å². The third-order valence-corrected chi connectivity index (χ3v) is 8.57. The second kappa shape index (κ2) is 10.3. The second-order valence-corrected chi connectivity index (χ2v) is 11.7. The van der Waals surface area contributed by atoms with Gasteiger partial charge in [0.1, 0.15) is 0 Å². The fourth-order valence-corrected chi connectivity index (χ4v) is 6.78. The summed E-state index contributed by atoms with van der Waals surface area (Å²) in [7, 11) is 0. The summed E-state index contributed by atoms with van der Waals surface area (Å²) in [5, 5.41) is 9.13. The monoisotopic (exact) mass is 578 g/mol. The Hall–Kier alpha value is -2.74. The van der Waals surface area contributed by atoms with Crippen molar-refractivity contribution in [3.8, 4) is 0 Å². The minimum Gasteiger partial charge on any atom is -0.480 e. The van der Waals surface area contributed by atoms with Gasteiger partial charge in [0.05, 0.1) is 6.54 Å². The van der Waals surface area contributed by atoms with Crippen LogP contribution in [0.3, 0.4) is 0 Å². The van der Waals surface area contributed by atoms with Crippen molar-refractivity contribution in [2.75, 3.05) is 50.7 Å². The summed E-state index contributed by atoms with van der Waals surface area (Å²) < 4.78 is 80.3. The van der Waals surface area contributed by atoms with Gasteiger partial charge < -0.3 is 19.6 Å².